The number of anilines is 1. The average Bonchev–Trinajstić information content (AvgIpc) is 2.47. The highest BCUT2D eigenvalue weighted by Crippen LogP contribution is 2.27. The van der Waals surface area contributed by atoms with Gasteiger partial charge in [-0.25, -0.2) is 0 Å². The predicted octanol–water partition coefficient (Wildman–Crippen LogP) is 4.43. The van der Waals surface area contributed by atoms with E-state index in [9.17, 15) is 18.0 Å². The van der Waals surface area contributed by atoms with Gasteiger partial charge in [0.2, 0.25) is 0 Å². The summed E-state index contributed by atoms with van der Waals surface area (Å²) in [5, 5.41) is 2.23. The normalized spacial score (nSPS) is 12.0. The van der Waals surface area contributed by atoms with Crippen LogP contribution in [0.3, 0.4) is 0 Å². The summed E-state index contributed by atoms with van der Waals surface area (Å²) in [5.74, 6) is -0.702. The molecule has 0 aliphatic carbocycles. The third-order valence-corrected chi connectivity index (χ3v) is 2.69. The van der Waals surface area contributed by atoms with Crippen LogP contribution in [0.25, 0.3) is 0 Å². The lowest BCUT2D eigenvalue weighted by Crippen LogP contribution is -2.20. The summed E-state index contributed by atoms with van der Waals surface area (Å²) in [6.45, 7) is 0. The Morgan fingerprint density at radius 1 is 0.905 bits per heavy atom. The fraction of sp³-hybridized carbons (Fsp3) is 0.0625. The van der Waals surface area contributed by atoms with Crippen LogP contribution in [-0.4, -0.2) is 12.0 Å². The van der Waals surface area contributed by atoms with E-state index in [-0.39, 0.29) is 11.3 Å². The van der Waals surface area contributed by atoms with Gasteiger partial charge in [0.15, 0.2) is 5.78 Å². The van der Waals surface area contributed by atoms with Crippen molar-refractivity contribution in [3.8, 4) is 0 Å². The summed E-state index contributed by atoms with van der Waals surface area (Å²) in [6.07, 6.45) is -4.07. The van der Waals surface area contributed by atoms with Crippen molar-refractivity contribution in [1.29, 1.82) is 0 Å². The van der Waals surface area contributed by atoms with Crippen molar-refractivity contribution in [1.82, 2.24) is 0 Å². The number of hydrogen-bond donors (Lipinski definition) is 1. The van der Waals surface area contributed by atoms with E-state index in [1.165, 1.54) is 24.3 Å². The Morgan fingerprint density at radius 2 is 1.43 bits per heavy atom. The van der Waals surface area contributed by atoms with Crippen LogP contribution in [0.5, 0.6) is 0 Å². The monoisotopic (exact) mass is 291 g/mol. The van der Waals surface area contributed by atoms with E-state index < -0.39 is 17.7 Å². The van der Waals surface area contributed by atoms with Gasteiger partial charge < -0.3 is 5.32 Å². The number of benzene rings is 2. The van der Waals surface area contributed by atoms with E-state index >= 15 is 0 Å². The standard InChI is InChI=1S/C16H12F3NO/c17-16(18,19)15(20-13-9-5-2-6-10-13)11-14(21)12-7-3-1-4-8-12/h1-11,20H/b15-11+. The van der Waals surface area contributed by atoms with Crippen LogP contribution in [0.4, 0.5) is 18.9 Å². The molecule has 0 atom stereocenters. The van der Waals surface area contributed by atoms with Gasteiger partial charge in [0.25, 0.3) is 0 Å². The van der Waals surface area contributed by atoms with Crippen molar-refractivity contribution in [2.45, 2.75) is 6.18 Å². The van der Waals surface area contributed by atoms with Crippen molar-refractivity contribution >= 4 is 11.5 Å². The molecule has 0 amide bonds. The molecule has 0 aliphatic rings. The molecule has 2 rings (SSSR count). The fourth-order valence-electron chi connectivity index (χ4n) is 1.68. The number of carbonyl (C=O) groups excluding carboxylic acids is 1. The Morgan fingerprint density at radius 3 is 1.95 bits per heavy atom. The molecular weight excluding hydrogens is 279 g/mol. The Labute approximate surface area is 119 Å². The summed E-state index contributed by atoms with van der Waals surface area (Å²) in [6, 6.07) is 15.7. The SMILES string of the molecule is O=C(/C=C(/Nc1ccccc1)C(F)(F)F)c1ccccc1. The number of carbonyl (C=O) groups is 1. The van der Waals surface area contributed by atoms with Crippen molar-refractivity contribution in [3.63, 3.8) is 0 Å². The maximum Gasteiger partial charge on any atom is 0.431 e. The first kappa shape index (κ1) is 14.8. The van der Waals surface area contributed by atoms with Crippen molar-refractivity contribution in [2.24, 2.45) is 0 Å². The number of nitrogens with one attached hydrogen (secondary N) is 1. The lowest BCUT2D eigenvalue weighted by molar-refractivity contribution is -0.0903. The first-order valence-corrected chi connectivity index (χ1v) is 6.17. The Bertz CT molecular complexity index is 634. The van der Waals surface area contributed by atoms with E-state index in [1.807, 2.05) is 0 Å². The molecule has 1 N–H and O–H groups in total. The largest absolute Gasteiger partial charge is 0.431 e. The number of hydrogen-bond acceptors (Lipinski definition) is 2. The predicted molar refractivity (Wildman–Crippen MR) is 75.0 cm³/mol. The molecule has 0 saturated heterocycles. The maximum atomic E-state index is 13.0. The number of ketones is 1. The van der Waals surface area contributed by atoms with Crippen molar-refractivity contribution in [3.05, 3.63) is 78.0 Å². The Hall–Kier alpha value is -2.56. The van der Waals surface area contributed by atoms with E-state index in [2.05, 4.69) is 5.32 Å². The van der Waals surface area contributed by atoms with Crippen molar-refractivity contribution < 1.29 is 18.0 Å². The average molecular weight is 291 g/mol. The molecule has 2 aromatic rings. The van der Waals surface area contributed by atoms with Gasteiger partial charge in [-0.3, -0.25) is 4.79 Å². The number of allylic oxidation sites excluding steroid dienone is 2. The molecule has 21 heavy (non-hydrogen) atoms. The quantitative estimate of drug-likeness (QED) is 0.667. The van der Waals surface area contributed by atoms with Crippen molar-refractivity contribution in [2.75, 3.05) is 5.32 Å². The second-order valence-electron chi connectivity index (χ2n) is 4.28. The van der Waals surface area contributed by atoms with Crippen LogP contribution in [0.2, 0.25) is 0 Å². The molecule has 0 fully saturated rings. The molecule has 0 bridgehead atoms. The van der Waals surface area contributed by atoms with E-state index in [1.54, 1.807) is 36.4 Å². The van der Waals surface area contributed by atoms with Gasteiger partial charge in [0.1, 0.15) is 5.70 Å². The lowest BCUT2D eigenvalue weighted by Gasteiger charge is -2.14. The summed E-state index contributed by atoms with van der Waals surface area (Å²) < 4.78 is 39.0. The molecule has 0 radical (unpaired) electrons. The minimum absolute atomic E-state index is 0.203. The highest BCUT2D eigenvalue weighted by atomic mass is 19.4. The van der Waals surface area contributed by atoms with Gasteiger partial charge in [-0.2, -0.15) is 13.2 Å². The third kappa shape index (κ3) is 4.21. The van der Waals surface area contributed by atoms with E-state index in [0.717, 1.165) is 0 Å². The van der Waals surface area contributed by atoms with Gasteiger partial charge >= 0.3 is 6.18 Å². The van der Waals surface area contributed by atoms with Crippen LogP contribution in [0, 0.1) is 0 Å². The van der Waals surface area contributed by atoms with E-state index in [4.69, 9.17) is 0 Å². The number of halogens is 3. The minimum Gasteiger partial charge on any atom is -0.351 e. The summed E-state index contributed by atoms with van der Waals surface area (Å²) in [7, 11) is 0. The molecule has 0 heterocycles. The molecule has 0 aliphatic heterocycles. The molecule has 2 aromatic carbocycles. The zero-order valence-electron chi connectivity index (χ0n) is 10.9. The smallest absolute Gasteiger partial charge is 0.351 e. The van der Waals surface area contributed by atoms with E-state index in [0.29, 0.717) is 6.08 Å². The Balaban J connectivity index is 2.28. The molecule has 0 aromatic heterocycles. The molecule has 0 spiro atoms. The van der Waals surface area contributed by atoms with Gasteiger partial charge in [-0.1, -0.05) is 48.5 Å². The topological polar surface area (TPSA) is 29.1 Å². The molecule has 108 valence electrons. The van der Waals surface area contributed by atoms with Gasteiger partial charge in [-0.15, -0.1) is 0 Å². The highest BCUT2D eigenvalue weighted by Gasteiger charge is 2.34. The van der Waals surface area contributed by atoms with Gasteiger partial charge in [0.05, 0.1) is 0 Å². The third-order valence-electron chi connectivity index (χ3n) is 2.69. The number of rotatable bonds is 4. The maximum absolute atomic E-state index is 13.0. The highest BCUT2D eigenvalue weighted by molar-refractivity contribution is 6.05. The molecule has 0 saturated carbocycles. The van der Waals surface area contributed by atoms with Crippen LogP contribution in [0.15, 0.2) is 72.4 Å². The molecule has 5 heteroatoms. The molecule has 0 unspecified atom stereocenters. The fourth-order valence-corrected chi connectivity index (χ4v) is 1.68. The number of alkyl halides is 3. The minimum atomic E-state index is -4.64. The van der Waals surface area contributed by atoms with Crippen LogP contribution in [-0.2, 0) is 0 Å². The van der Waals surface area contributed by atoms with Gasteiger partial charge in [-0.05, 0) is 12.1 Å². The van der Waals surface area contributed by atoms with Crippen LogP contribution < -0.4 is 5.32 Å². The second kappa shape index (κ2) is 6.26. The van der Waals surface area contributed by atoms with Crippen LogP contribution >= 0.6 is 0 Å². The zero-order chi connectivity index (χ0) is 15.3. The van der Waals surface area contributed by atoms with Gasteiger partial charge in [0, 0.05) is 17.3 Å². The zero-order valence-corrected chi connectivity index (χ0v) is 10.9. The summed E-state index contributed by atoms with van der Waals surface area (Å²) in [4.78, 5) is 11.9. The Kier molecular flexibility index (Phi) is 4.42. The lowest BCUT2D eigenvalue weighted by atomic mass is 10.1. The molecule has 2 nitrogen and oxygen atoms in total. The summed E-state index contributed by atoms with van der Waals surface area (Å²) >= 11 is 0. The summed E-state index contributed by atoms with van der Waals surface area (Å²) in [5.41, 5.74) is -0.626. The number of para-hydroxylation sites is 1. The first-order valence-electron chi connectivity index (χ1n) is 6.17. The van der Waals surface area contributed by atoms with Crippen LogP contribution in [0.1, 0.15) is 10.4 Å². The second-order valence-corrected chi connectivity index (χ2v) is 4.28. The molecular formula is C16H12F3NO. The first-order chi connectivity index (χ1) is 9.97.